The van der Waals surface area contributed by atoms with Crippen LogP contribution in [0.4, 0.5) is 5.69 Å². The Kier molecular flexibility index (Phi) is 4.28. The molecule has 1 aromatic carbocycles. The van der Waals surface area contributed by atoms with Crippen LogP contribution in [0.2, 0.25) is 0 Å². The Labute approximate surface area is 152 Å². The maximum atomic E-state index is 13.0. The third-order valence-electron chi connectivity index (χ3n) is 5.59. The number of fused-ring (bicyclic) bond motifs is 2. The molecule has 0 bridgehead atoms. The number of carbonyl (C=O) groups is 1. The van der Waals surface area contributed by atoms with E-state index in [0.717, 1.165) is 29.8 Å². The number of nitrogens with zero attached hydrogens (tertiary/aromatic N) is 4. The van der Waals surface area contributed by atoms with Gasteiger partial charge in [-0.2, -0.15) is 0 Å². The number of ether oxygens (including phenoxy) is 1. The molecule has 0 unspecified atom stereocenters. The van der Waals surface area contributed by atoms with Gasteiger partial charge in [-0.25, -0.2) is 0 Å². The van der Waals surface area contributed by atoms with Crippen molar-refractivity contribution in [1.82, 2.24) is 15.0 Å². The van der Waals surface area contributed by atoms with E-state index in [2.05, 4.69) is 17.2 Å². The minimum absolute atomic E-state index is 0.000928. The first-order chi connectivity index (χ1) is 12.6. The average Bonchev–Trinajstić information content (AvgIpc) is 3.28. The van der Waals surface area contributed by atoms with E-state index in [1.165, 1.54) is 0 Å². The van der Waals surface area contributed by atoms with Gasteiger partial charge in [0.1, 0.15) is 0 Å². The molecule has 2 aromatic rings. The molecule has 3 heterocycles. The lowest BCUT2D eigenvalue weighted by atomic mass is 9.83. The monoisotopic (exact) mass is 356 g/mol. The predicted octanol–water partition coefficient (Wildman–Crippen LogP) is 1.50. The summed E-state index contributed by atoms with van der Waals surface area (Å²) < 4.78 is 8.19. The Morgan fingerprint density at radius 1 is 1.38 bits per heavy atom. The number of carbonyl (C=O) groups excluding carboxylic acids is 1. The lowest BCUT2D eigenvalue weighted by Crippen LogP contribution is -2.42. The molecule has 0 aliphatic carbocycles. The van der Waals surface area contributed by atoms with Crippen molar-refractivity contribution in [2.45, 2.75) is 44.4 Å². The molecule has 1 N–H and O–H groups in total. The van der Waals surface area contributed by atoms with Gasteiger partial charge in [-0.1, -0.05) is 30.3 Å². The van der Waals surface area contributed by atoms with E-state index >= 15 is 0 Å². The molecule has 1 spiro atoms. The highest BCUT2D eigenvalue weighted by Crippen LogP contribution is 2.52. The van der Waals surface area contributed by atoms with Gasteiger partial charge in [-0.05, 0) is 18.9 Å². The van der Waals surface area contributed by atoms with E-state index in [1.807, 2.05) is 37.5 Å². The second kappa shape index (κ2) is 6.48. The number of rotatable bonds is 5. The lowest BCUT2D eigenvalue weighted by molar-refractivity contribution is -0.145. The number of aromatic nitrogens is 3. The maximum absolute atomic E-state index is 13.0. The summed E-state index contributed by atoms with van der Waals surface area (Å²) in [5, 5.41) is 17.1. The van der Waals surface area contributed by atoms with Gasteiger partial charge in [0.2, 0.25) is 0 Å². The van der Waals surface area contributed by atoms with E-state index in [4.69, 9.17) is 9.84 Å². The van der Waals surface area contributed by atoms with E-state index in [1.54, 1.807) is 9.58 Å². The zero-order valence-corrected chi connectivity index (χ0v) is 15.1. The lowest BCUT2D eigenvalue weighted by Gasteiger charge is -2.27. The number of benzene rings is 1. The summed E-state index contributed by atoms with van der Waals surface area (Å²) in [6.45, 7) is 2.85. The van der Waals surface area contributed by atoms with Crippen LogP contribution in [0.5, 0.6) is 0 Å². The minimum Gasteiger partial charge on any atom is -0.396 e. The molecule has 1 fully saturated rings. The molecule has 2 aliphatic heterocycles. The van der Waals surface area contributed by atoms with Gasteiger partial charge >= 0.3 is 0 Å². The number of anilines is 1. The van der Waals surface area contributed by atoms with Crippen LogP contribution in [-0.4, -0.2) is 45.8 Å². The predicted molar refractivity (Wildman–Crippen MR) is 95.6 cm³/mol. The van der Waals surface area contributed by atoms with Crippen molar-refractivity contribution in [2.24, 2.45) is 5.92 Å². The Balaban J connectivity index is 1.50. The van der Waals surface area contributed by atoms with Gasteiger partial charge in [0.25, 0.3) is 5.91 Å². The number of aryl methyl sites for hydroxylation is 1. The Morgan fingerprint density at radius 3 is 3.00 bits per heavy atom. The second-order valence-corrected chi connectivity index (χ2v) is 7.23. The molecule has 138 valence electrons. The molecule has 3 atom stereocenters. The van der Waals surface area contributed by atoms with Crippen LogP contribution in [0.15, 0.2) is 30.5 Å². The molecular formula is C19H24N4O3. The van der Waals surface area contributed by atoms with Gasteiger partial charge in [0.15, 0.2) is 5.60 Å². The van der Waals surface area contributed by atoms with Crippen LogP contribution in [0.25, 0.3) is 0 Å². The summed E-state index contributed by atoms with van der Waals surface area (Å²) in [5.41, 5.74) is 1.84. The topological polar surface area (TPSA) is 80.5 Å². The molecule has 1 saturated heterocycles. The fraction of sp³-hybridized carbons (Fsp3) is 0.526. The van der Waals surface area contributed by atoms with Crippen molar-refractivity contribution in [3.8, 4) is 0 Å². The smallest absolute Gasteiger partial charge is 0.264 e. The van der Waals surface area contributed by atoms with Crippen LogP contribution in [0.3, 0.4) is 0 Å². The molecule has 1 amide bonds. The minimum atomic E-state index is -0.861. The largest absolute Gasteiger partial charge is 0.396 e. The van der Waals surface area contributed by atoms with Crippen molar-refractivity contribution in [3.63, 3.8) is 0 Å². The Morgan fingerprint density at radius 2 is 2.19 bits per heavy atom. The first-order valence-electron chi connectivity index (χ1n) is 9.11. The molecule has 2 aliphatic rings. The number of hydrogen-bond acceptors (Lipinski definition) is 5. The molecule has 4 rings (SSSR count). The first-order valence-corrected chi connectivity index (χ1v) is 9.11. The molecule has 7 nitrogen and oxygen atoms in total. The first kappa shape index (κ1) is 17.2. The second-order valence-electron chi connectivity index (χ2n) is 7.23. The fourth-order valence-electron chi connectivity index (χ4n) is 4.26. The quantitative estimate of drug-likeness (QED) is 0.878. The van der Waals surface area contributed by atoms with Crippen molar-refractivity contribution >= 4 is 11.6 Å². The fourth-order valence-corrected chi connectivity index (χ4v) is 4.26. The van der Waals surface area contributed by atoms with Crippen molar-refractivity contribution in [1.29, 1.82) is 0 Å². The zero-order chi connectivity index (χ0) is 18.3. The third kappa shape index (κ3) is 2.54. The van der Waals surface area contributed by atoms with Crippen molar-refractivity contribution < 1.29 is 14.6 Å². The van der Waals surface area contributed by atoms with Crippen LogP contribution in [0.1, 0.15) is 31.0 Å². The SMILES string of the molecule is C[C@H]1C[C@@H](CCn2cc(CCO)nn2)O[C@]12C(=O)N(C)c1ccccc12. The summed E-state index contributed by atoms with van der Waals surface area (Å²) in [5.74, 6) is 0.145. The summed E-state index contributed by atoms with van der Waals surface area (Å²) >= 11 is 0. The zero-order valence-electron chi connectivity index (χ0n) is 15.1. The normalized spacial score (nSPS) is 27.5. The van der Waals surface area contributed by atoms with E-state index in [0.29, 0.717) is 13.0 Å². The standard InChI is InChI=1S/C19H24N4O3/c1-13-11-15(7-9-23-12-14(8-10-24)20-21-23)26-19(13)16-5-3-4-6-17(16)22(2)18(19)25/h3-6,12-13,15,24H,7-11H2,1-2H3/t13-,15+,19+/m0/s1. The summed E-state index contributed by atoms with van der Waals surface area (Å²) in [4.78, 5) is 14.8. The van der Waals surface area contributed by atoms with Crippen LogP contribution in [-0.2, 0) is 28.1 Å². The number of aliphatic hydroxyl groups excluding tert-OH is 1. The summed E-state index contributed by atoms with van der Waals surface area (Å²) in [6.07, 6.45) is 3.98. The summed E-state index contributed by atoms with van der Waals surface area (Å²) in [6, 6.07) is 7.90. The van der Waals surface area contributed by atoms with Gasteiger partial charge < -0.3 is 14.7 Å². The molecule has 7 heteroatoms. The van der Waals surface area contributed by atoms with Crippen molar-refractivity contribution in [3.05, 3.63) is 41.7 Å². The number of amides is 1. The van der Waals surface area contributed by atoms with Crippen LogP contribution < -0.4 is 4.90 Å². The van der Waals surface area contributed by atoms with Crippen LogP contribution >= 0.6 is 0 Å². The van der Waals surface area contributed by atoms with E-state index in [9.17, 15) is 4.79 Å². The third-order valence-corrected chi connectivity index (χ3v) is 5.59. The molecule has 26 heavy (non-hydrogen) atoms. The number of para-hydroxylation sites is 1. The van der Waals surface area contributed by atoms with Gasteiger partial charge in [0.05, 0.1) is 17.5 Å². The van der Waals surface area contributed by atoms with Gasteiger partial charge in [-0.3, -0.25) is 9.48 Å². The number of hydrogen-bond donors (Lipinski definition) is 1. The summed E-state index contributed by atoms with van der Waals surface area (Å²) in [7, 11) is 1.82. The van der Waals surface area contributed by atoms with E-state index in [-0.39, 0.29) is 24.5 Å². The highest BCUT2D eigenvalue weighted by Gasteiger charge is 2.59. The highest BCUT2D eigenvalue weighted by molar-refractivity contribution is 6.07. The Bertz CT molecular complexity index is 821. The molecule has 0 saturated carbocycles. The maximum Gasteiger partial charge on any atom is 0.264 e. The number of aliphatic hydroxyl groups is 1. The molecule has 0 radical (unpaired) electrons. The van der Waals surface area contributed by atoms with Crippen LogP contribution in [0, 0.1) is 5.92 Å². The van der Waals surface area contributed by atoms with Gasteiger partial charge in [-0.15, -0.1) is 5.10 Å². The molecule has 1 aromatic heterocycles. The van der Waals surface area contributed by atoms with Gasteiger partial charge in [0, 0.05) is 44.3 Å². The average molecular weight is 356 g/mol. The number of likely N-dealkylation sites (N-methyl/N-ethyl adjacent to an activating group) is 1. The van der Waals surface area contributed by atoms with E-state index < -0.39 is 5.60 Å². The highest BCUT2D eigenvalue weighted by atomic mass is 16.5. The van der Waals surface area contributed by atoms with Crippen molar-refractivity contribution in [2.75, 3.05) is 18.6 Å². The Hall–Kier alpha value is -2.25. The molecular weight excluding hydrogens is 332 g/mol.